The Hall–Kier alpha value is -2.36. The Morgan fingerprint density at radius 1 is 0.909 bits per heavy atom. The van der Waals surface area contributed by atoms with Gasteiger partial charge in [-0.3, -0.25) is 0 Å². The number of rotatable bonds is 5. The van der Waals surface area contributed by atoms with Gasteiger partial charge >= 0.3 is 0 Å². The van der Waals surface area contributed by atoms with E-state index >= 15 is 0 Å². The van der Waals surface area contributed by atoms with Crippen LogP contribution >= 0.6 is 0 Å². The minimum Gasteiger partial charge on any atom is -0.394 e. The quantitative estimate of drug-likeness (QED) is 0.676. The van der Waals surface area contributed by atoms with E-state index in [0.29, 0.717) is 6.54 Å². The van der Waals surface area contributed by atoms with Crippen LogP contribution in [0.2, 0.25) is 0 Å². The van der Waals surface area contributed by atoms with Crippen molar-refractivity contribution in [3.05, 3.63) is 66.7 Å². The third-order valence-corrected chi connectivity index (χ3v) is 3.72. The lowest BCUT2D eigenvalue weighted by molar-refractivity contribution is 0.105. The average molecular weight is 293 g/mol. The van der Waals surface area contributed by atoms with Crippen molar-refractivity contribution in [2.75, 3.05) is 18.5 Å². The summed E-state index contributed by atoms with van der Waals surface area (Å²) in [6.07, 6.45) is -0.749. The van der Waals surface area contributed by atoms with Crippen molar-refractivity contribution >= 4 is 16.5 Å². The van der Waals surface area contributed by atoms with Gasteiger partial charge in [0.15, 0.2) is 0 Å². The molecule has 3 nitrogen and oxygen atoms in total. The van der Waals surface area contributed by atoms with Crippen molar-refractivity contribution in [3.8, 4) is 11.1 Å². The molecule has 112 valence electrons. The molecule has 0 bridgehead atoms. The number of aliphatic hydroxyl groups excluding tert-OH is 2. The van der Waals surface area contributed by atoms with E-state index < -0.39 is 6.10 Å². The summed E-state index contributed by atoms with van der Waals surface area (Å²) < 4.78 is 0. The molecular formula is C19H19NO2. The average Bonchev–Trinajstić information content (AvgIpc) is 2.59. The fraction of sp³-hybridized carbons (Fsp3) is 0.158. The second-order valence-electron chi connectivity index (χ2n) is 5.32. The maximum Gasteiger partial charge on any atom is 0.0942 e. The molecule has 0 fully saturated rings. The molecule has 3 aromatic carbocycles. The third-order valence-electron chi connectivity index (χ3n) is 3.72. The van der Waals surface area contributed by atoms with Crippen LogP contribution in [0.1, 0.15) is 0 Å². The molecule has 0 amide bonds. The van der Waals surface area contributed by atoms with E-state index in [-0.39, 0.29) is 6.61 Å². The van der Waals surface area contributed by atoms with Gasteiger partial charge in [-0.15, -0.1) is 0 Å². The van der Waals surface area contributed by atoms with Crippen LogP contribution in [0.15, 0.2) is 66.7 Å². The van der Waals surface area contributed by atoms with Gasteiger partial charge in [-0.25, -0.2) is 0 Å². The van der Waals surface area contributed by atoms with Crippen LogP contribution in [0.25, 0.3) is 21.9 Å². The molecule has 0 radical (unpaired) electrons. The first-order valence-corrected chi connectivity index (χ1v) is 7.39. The van der Waals surface area contributed by atoms with Crippen molar-refractivity contribution in [2.24, 2.45) is 0 Å². The van der Waals surface area contributed by atoms with Gasteiger partial charge in [0.25, 0.3) is 0 Å². The van der Waals surface area contributed by atoms with Gasteiger partial charge in [0, 0.05) is 12.2 Å². The van der Waals surface area contributed by atoms with Gasteiger partial charge in [0.05, 0.1) is 12.7 Å². The van der Waals surface area contributed by atoms with E-state index in [9.17, 15) is 5.11 Å². The maximum atomic E-state index is 9.43. The minimum absolute atomic E-state index is 0.240. The van der Waals surface area contributed by atoms with Gasteiger partial charge in [-0.1, -0.05) is 54.6 Å². The lowest BCUT2D eigenvalue weighted by Gasteiger charge is -2.12. The number of nitrogens with one attached hydrogen (secondary N) is 1. The largest absolute Gasteiger partial charge is 0.394 e. The molecule has 3 rings (SSSR count). The van der Waals surface area contributed by atoms with Crippen molar-refractivity contribution < 1.29 is 10.2 Å². The van der Waals surface area contributed by atoms with Crippen LogP contribution in [-0.2, 0) is 0 Å². The molecule has 0 aromatic heterocycles. The van der Waals surface area contributed by atoms with E-state index in [1.807, 2.05) is 24.3 Å². The first-order valence-electron chi connectivity index (χ1n) is 7.39. The van der Waals surface area contributed by atoms with Crippen molar-refractivity contribution in [3.63, 3.8) is 0 Å². The molecule has 0 aliphatic carbocycles. The number of fused-ring (bicyclic) bond motifs is 1. The summed E-state index contributed by atoms with van der Waals surface area (Å²) >= 11 is 0. The molecule has 3 aromatic rings. The summed E-state index contributed by atoms with van der Waals surface area (Å²) in [6.45, 7) is 0.0888. The Morgan fingerprint density at radius 3 is 2.55 bits per heavy atom. The predicted molar refractivity (Wildman–Crippen MR) is 91.0 cm³/mol. The summed E-state index contributed by atoms with van der Waals surface area (Å²) in [5.74, 6) is 0. The van der Waals surface area contributed by atoms with Crippen molar-refractivity contribution in [1.29, 1.82) is 0 Å². The number of benzene rings is 3. The van der Waals surface area contributed by atoms with Gasteiger partial charge in [0.2, 0.25) is 0 Å². The summed E-state index contributed by atoms with van der Waals surface area (Å²) in [6, 6.07) is 22.7. The van der Waals surface area contributed by atoms with Gasteiger partial charge < -0.3 is 15.5 Å². The molecule has 0 spiro atoms. The highest BCUT2D eigenvalue weighted by Crippen LogP contribution is 2.29. The zero-order chi connectivity index (χ0) is 15.4. The number of hydrogen-bond acceptors (Lipinski definition) is 3. The van der Waals surface area contributed by atoms with Crippen LogP contribution in [0.4, 0.5) is 5.69 Å². The second-order valence-corrected chi connectivity index (χ2v) is 5.32. The van der Waals surface area contributed by atoms with Gasteiger partial charge in [0.1, 0.15) is 0 Å². The van der Waals surface area contributed by atoms with E-state index in [2.05, 4.69) is 47.8 Å². The molecule has 1 unspecified atom stereocenters. The Balaban J connectivity index is 1.94. The van der Waals surface area contributed by atoms with E-state index in [0.717, 1.165) is 11.3 Å². The van der Waals surface area contributed by atoms with Gasteiger partial charge in [-0.05, 0) is 34.0 Å². The van der Waals surface area contributed by atoms with Crippen LogP contribution < -0.4 is 5.32 Å². The molecule has 22 heavy (non-hydrogen) atoms. The Kier molecular flexibility index (Phi) is 4.37. The summed E-state index contributed by atoms with van der Waals surface area (Å²) in [4.78, 5) is 0. The lowest BCUT2D eigenvalue weighted by atomic mass is 9.98. The maximum absolute atomic E-state index is 9.43. The van der Waals surface area contributed by atoms with Crippen LogP contribution in [0.3, 0.4) is 0 Å². The van der Waals surface area contributed by atoms with Crippen LogP contribution in [0, 0.1) is 0 Å². The van der Waals surface area contributed by atoms with E-state index in [4.69, 9.17) is 5.11 Å². The molecule has 0 heterocycles. The highest BCUT2D eigenvalue weighted by atomic mass is 16.3. The molecule has 3 N–H and O–H groups in total. The predicted octanol–water partition coefficient (Wildman–Crippen LogP) is 3.27. The Labute approximate surface area is 129 Å². The monoisotopic (exact) mass is 293 g/mol. The summed E-state index contributed by atoms with van der Waals surface area (Å²) in [5, 5.41) is 23.9. The highest BCUT2D eigenvalue weighted by molar-refractivity contribution is 5.97. The van der Waals surface area contributed by atoms with E-state index in [1.165, 1.54) is 16.3 Å². The SMILES string of the molecule is OCC(O)CNc1cccc(-c2cccc3ccccc23)c1. The first kappa shape index (κ1) is 14.6. The molecular weight excluding hydrogens is 274 g/mol. The Morgan fingerprint density at radius 2 is 1.68 bits per heavy atom. The second kappa shape index (κ2) is 6.60. The van der Waals surface area contributed by atoms with Crippen molar-refractivity contribution in [2.45, 2.75) is 6.10 Å². The first-order chi connectivity index (χ1) is 10.8. The Bertz CT molecular complexity index is 765. The topological polar surface area (TPSA) is 52.5 Å². The number of aliphatic hydroxyl groups is 2. The molecule has 1 atom stereocenters. The standard InChI is InChI=1S/C19H19NO2/c21-13-17(22)12-20-16-8-3-7-15(11-16)19-10-4-6-14-5-1-2-9-18(14)19/h1-11,17,20-22H,12-13H2. The number of hydrogen-bond donors (Lipinski definition) is 3. The molecule has 0 saturated heterocycles. The fourth-order valence-electron chi connectivity index (χ4n) is 2.57. The number of anilines is 1. The van der Waals surface area contributed by atoms with Crippen LogP contribution in [0.5, 0.6) is 0 Å². The van der Waals surface area contributed by atoms with E-state index in [1.54, 1.807) is 0 Å². The molecule has 0 aliphatic rings. The smallest absolute Gasteiger partial charge is 0.0942 e. The lowest BCUT2D eigenvalue weighted by Crippen LogP contribution is -2.22. The third kappa shape index (κ3) is 3.11. The van der Waals surface area contributed by atoms with Crippen LogP contribution in [-0.4, -0.2) is 29.5 Å². The zero-order valence-electron chi connectivity index (χ0n) is 12.2. The minimum atomic E-state index is -0.749. The van der Waals surface area contributed by atoms with Crippen molar-refractivity contribution in [1.82, 2.24) is 0 Å². The normalized spacial score (nSPS) is 12.3. The highest BCUT2D eigenvalue weighted by Gasteiger charge is 2.05. The molecule has 0 aliphatic heterocycles. The fourth-order valence-corrected chi connectivity index (χ4v) is 2.57. The molecule has 3 heteroatoms. The molecule has 0 saturated carbocycles. The zero-order valence-corrected chi connectivity index (χ0v) is 12.2. The summed E-state index contributed by atoms with van der Waals surface area (Å²) in [5.41, 5.74) is 3.24. The van der Waals surface area contributed by atoms with Gasteiger partial charge in [-0.2, -0.15) is 0 Å². The summed E-state index contributed by atoms with van der Waals surface area (Å²) in [7, 11) is 0.